The van der Waals surface area contributed by atoms with Crippen LogP contribution in [-0.2, 0) is 85.6 Å². The number of aliphatic hydroxyl groups is 3. The van der Waals surface area contributed by atoms with Crippen molar-refractivity contribution in [3.05, 3.63) is 24.3 Å². The molecule has 0 atom stereocenters. The molecule has 0 saturated carbocycles. The number of nitrogens with two attached hydrogens (primary N) is 5. The Morgan fingerprint density at radius 2 is 0.746 bits per heavy atom. The number of unbranched alkanes of at least 4 members (excludes halogenated alkanes) is 2. The van der Waals surface area contributed by atoms with Crippen LogP contribution in [0.2, 0.25) is 0 Å². The van der Waals surface area contributed by atoms with Crippen molar-refractivity contribution >= 4 is 83.4 Å². The molecule has 0 aromatic carbocycles. The first-order valence-corrected chi connectivity index (χ1v) is 43.2. The van der Waals surface area contributed by atoms with E-state index in [0.29, 0.717) is 83.1 Å². The van der Waals surface area contributed by atoms with Crippen LogP contribution < -0.4 is 38.9 Å². The smallest absolute Gasteiger partial charge is 0.464 e. The molecule has 0 aliphatic heterocycles. The Labute approximate surface area is 760 Å². The zero-order valence-corrected chi connectivity index (χ0v) is 84.4. The maximum absolute atomic E-state index is 12.3. The van der Waals surface area contributed by atoms with Crippen LogP contribution in [0.15, 0.2) is 24.3 Å². The first-order valence-electron chi connectivity index (χ1n) is 42.8. The maximum atomic E-state index is 12.3. The van der Waals surface area contributed by atoms with Crippen LogP contribution in [0.3, 0.4) is 0 Å². The molecule has 0 aliphatic carbocycles. The van der Waals surface area contributed by atoms with Crippen molar-refractivity contribution in [1.82, 2.24) is 25.3 Å². The Balaban J connectivity index is -0.000000182. The van der Waals surface area contributed by atoms with Gasteiger partial charge in [-0.15, -0.1) is 0 Å². The van der Waals surface area contributed by atoms with Crippen LogP contribution in [-0.4, -0.2) is 286 Å². The molecule has 0 spiro atoms. The minimum atomic E-state index is -1.06. The zero-order valence-electron chi connectivity index (χ0n) is 83.7. The predicted molar refractivity (Wildman–Crippen MR) is 490 cm³/mol. The van der Waals surface area contributed by atoms with E-state index in [2.05, 4.69) is 28.5 Å². The summed E-state index contributed by atoms with van der Waals surface area (Å²) in [7, 11) is 1.00. The number of carbonyl (C=O) groups is 12. The lowest BCUT2D eigenvalue weighted by atomic mass is 9.91. The molecule has 4 amide bonds. The van der Waals surface area contributed by atoms with Crippen LogP contribution in [0.4, 0.5) is 28.8 Å². The molecule has 0 radical (unpaired) electrons. The number of halogens is 1. The predicted octanol–water partition coefficient (Wildman–Crippen LogP) is 11.3. The van der Waals surface area contributed by atoms with E-state index >= 15 is 0 Å². The number of esters is 5. The van der Waals surface area contributed by atoms with Gasteiger partial charge in [0.1, 0.15) is 72.2 Å². The van der Waals surface area contributed by atoms with E-state index in [1.165, 1.54) is 14.7 Å². The summed E-state index contributed by atoms with van der Waals surface area (Å²) >= 11 is 4.87. The number of quaternary nitrogens is 1. The first kappa shape index (κ1) is 136. The van der Waals surface area contributed by atoms with E-state index in [0.717, 1.165) is 65.4 Å². The van der Waals surface area contributed by atoms with Crippen molar-refractivity contribution < 1.29 is 135 Å². The fourth-order valence-corrected chi connectivity index (χ4v) is 7.18. The van der Waals surface area contributed by atoms with Crippen LogP contribution in [0.25, 0.3) is 0 Å². The Hall–Kier alpha value is -7.75. The summed E-state index contributed by atoms with van der Waals surface area (Å²) in [6.07, 6.45) is 1.75. The van der Waals surface area contributed by atoms with E-state index in [9.17, 15) is 57.5 Å². The van der Waals surface area contributed by atoms with Gasteiger partial charge >= 0.3 is 66.5 Å². The van der Waals surface area contributed by atoms with Crippen molar-refractivity contribution in [3.63, 3.8) is 0 Å². The molecule has 0 aromatic rings. The van der Waals surface area contributed by atoms with Gasteiger partial charge in [0, 0.05) is 96.7 Å². The largest absolute Gasteiger partial charge is 0.519 e. The van der Waals surface area contributed by atoms with Crippen molar-refractivity contribution in [2.45, 2.75) is 312 Å². The van der Waals surface area contributed by atoms with Crippen molar-refractivity contribution in [1.29, 1.82) is 0 Å². The highest BCUT2D eigenvalue weighted by atomic mass is 35.5. The lowest BCUT2D eigenvalue weighted by Crippen LogP contribution is -2.86. The van der Waals surface area contributed by atoms with Gasteiger partial charge in [-0.25, -0.2) is 33.6 Å². The van der Waals surface area contributed by atoms with E-state index in [-0.39, 0.29) is 93.7 Å². The molecular weight excluding hydrogens is 1660 g/mol. The number of carbonyl (C=O) groups excluding carboxylic acids is 12. The van der Waals surface area contributed by atoms with E-state index in [1.807, 2.05) is 67.6 Å². The number of allylic oxidation sites excluding steroid dienone is 1. The average Bonchev–Trinajstić information content (AvgIpc) is 0.916. The molecule has 37 nitrogen and oxygen atoms in total. The Morgan fingerprint density at radius 1 is 0.381 bits per heavy atom. The van der Waals surface area contributed by atoms with Gasteiger partial charge in [0.05, 0.1) is 42.5 Å². The van der Waals surface area contributed by atoms with Gasteiger partial charge in [-0.2, -0.15) is 0 Å². The van der Waals surface area contributed by atoms with Crippen LogP contribution in [0.5, 0.6) is 0 Å². The van der Waals surface area contributed by atoms with Crippen molar-refractivity contribution in [2.75, 3.05) is 145 Å². The second kappa shape index (κ2) is 73.1. The third-order valence-corrected chi connectivity index (χ3v) is 15.1. The number of nitrogens with zero attached hydrogens (tertiary/aromatic N) is 3. The summed E-state index contributed by atoms with van der Waals surface area (Å²) in [4.78, 5) is 142. The van der Waals surface area contributed by atoms with E-state index in [1.54, 1.807) is 159 Å². The lowest BCUT2D eigenvalue weighted by molar-refractivity contribution is -0.653. The summed E-state index contributed by atoms with van der Waals surface area (Å²) in [6, 6.07) is 0. The van der Waals surface area contributed by atoms with E-state index < -0.39 is 92.5 Å². The van der Waals surface area contributed by atoms with Crippen LogP contribution in [0.1, 0.15) is 273 Å². The SMILES string of the molecule is C=C(C)C(=O)Cl.C=C(C)C(=O)OCCN(CCCC(=O)OC(C)(C)C)C(=O)OC(C)(C)C.CC(C)(C)OC(=O)NCCN(CCO)C(=O)OC(C)(C)C.CC(C)(C)OC(=O)OC(=O)OC(C)(C)C.CCC(C)(C)C(=O)OCCN(CCN)C(=O)OC(C)(C)C.CCC(C)(C)C(=O)OCCNCCN.CCC(C)(C)C(=O)OCC[NH2+]CCN.CO.NCCCCCO. The molecule has 0 heterocycles. The number of hydrogen-bond acceptors (Lipinski definition) is 32. The molecule has 0 bridgehead atoms. The number of amides is 4. The van der Waals surface area contributed by atoms with Crippen LogP contribution in [0, 0.1) is 16.2 Å². The van der Waals surface area contributed by atoms with Gasteiger partial charge < -0.3 is 126 Å². The van der Waals surface area contributed by atoms with E-state index in [4.69, 9.17) is 102 Å². The molecule has 0 fully saturated rings. The topological polar surface area (TPSA) is 531 Å². The molecule has 15 N–H and O–H groups in total. The van der Waals surface area contributed by atoms with Gasteiger partial charge in [0.2, 0.25) is 5.24 Å². The molecule has 0 unspecified atom stereocenters. The van der Waals surface area contributed by atoms with Gasteiger partial charge in [-0.3, -0.25) is 24.0 Å². The fourth-order valence-electron chi connectivity index (χ4n) is 7.18. The van der Waals surface area contributed by atoms with Gasteiger partial charge in [-0.05, 0) is 264 Å². The van der Waals surface area contributed by atoms with Gasteiger partial charge in [-0.1, -0.05) is 33.9 Å². The normalized spacial score (nSPS) is 11.2. The Kier molecular flexibility index (Phi) is 79.0. The summed E-state index contributed by atoms with van der Waals surface area (Å²) in [5.41, 5.74) is 16.4. The van der Waals surface area contributed by atoms with Crippen molar-refractivity contribution in [3.8, 4) is 0 Å². The standard InChI is InChI=1S/C19H33NO6.C15H30N2O4.C14H28N2O5.2C10H22N2O2.C10H18O5.C5H13NO.C4H5ClO.CH4O/c1-14(2)16(22)24-13-12-20(17(23)26-19(6,7)8)11-9-10-15(21)25-18(3,4)5;1-7-15(5,6)12(18)20-11-10-17(9-8-16)13(19)21-14(2,3)4;1-13(2,3)20-11(18)15-7-8-16(9-10-17)12(19)21-14(4,5)6;2*1-4-10(2,3)9(13)14-8-7-12-6-5-11;1-9(2,3)14-7(11)13-8(12)15-10(4,5)6;6-4-2-1-3-5-7;1-3(2)4(5)6;1-2/h1,9-13H2,2-8H3;7-11,16H2,1-6H3;17H,7-10H2,1-6H3,(H,15,18);2*12H,4-8,11H2,1-3H3;1-6H3;7H,1-6H2;1H2,2H3;2H,1H3/p+1. The second-order valence-electron chi connectivity index (χ2n) is 36.9. The number of hydrogen-bond donors (Lipinski definition) is 10. The quantitative estimate of drug-likeness (QED) is 0.00682. The van der Waals surface area contributed by atoms with Crippen molar-refractivity contribution in [2.24, 2.45) is 39.2 Å². The third-order valence-electron chi connectivity index (χ3n) is 14.8. The number of nitrogens with one attached hydrogen (secondary N) is 2. The molecule has 126 heavy (non-hydrogen) atoms. The number of alkyl carbamates (subject to hydrolysis) is 1. The molecule has 0 aliphatic rings. The minimum absolute atomic E-state index is 0.0252. The molecule has 38 heteroatoms. The highest BCUT2D eigenvalue weighted by Gasteiger charge is 2.32. The zero-order chi connectivity index (χ0) is 101. The number of ether oxygens (including phenoxy) is 12. The Bertz CT molecular complexity index is 2940. The maximum Gasteiger partial charge on any atom is 0.519 e. The highest BCUT2D eigenvalue weighted by molar-refractivity contribution is 6.67. The summed E-state index contributed by atoms with van der Waals surface area (Å²) in [5, 5.41) is 31.4. The van der Waals surface area contributed by atoms with Gasteiger partial charge in [0.25, 0.3) is 0 Å². The van der Waals surface area contributed by atoms with Gasteiger partial charge in [0.15, 0.2) is 0 Å². The summed E-state index contributed by atoms with van der Waals surface area (Å²) in [5.74, 6) is -1.34. The van der Waals surface area contributed by atoms with Crippen LogP contribution >= 0.6 is 11.6 Å². The number of aliphatic hydroxyl groups excluding tert-OH is 3. The summed E-state index contributed by atoms with van der Waals surface area (Å²) in [6.45, 7) is 72.1. The highest BCUT2D eigenvalue weighted by Crippen LogP contribution is 2.24. The molecule has 0 aromatic heterocycles. The number of rotatable bonds is 39. The summed E-state index contributed by atoms with van der Waals surface area (Å²) < 4.78 is 60.5. The molecule has 746 valence electrons. The first-order chi connectivity index (χ1) is 57.3. The minimum Gasteiger partial charge on any atom is -0.464 e. The molecular formula is C88H176ClN10O27+. The molecule has 0 rings (SSSR count). The third kappa shape index (κ3) is 96.9. The molecule has 0 saturated heterocycles. The Morgan fingerprint density at radius 3 is 1.07 bits per heavy atom. The second-order valence-corrected chi connectivity index (χ2v) is 37.3. The fraction of sp³-hybridized carbons (Fsp3) is 0.818. The average molecular weight is 1840 g/mol. The monoisotopic (exact) mass is 1840 g/mol. The lowest BCUT2D eigenvalue weighted by Gasteiger charge is -2.27.